The van der Waals surface area contributed by atoms with E-state index in [-0.39, 0.29) is 12.0 Å². The highest BCUT2D eigenvalue weighted by Gasteiger charge is 2.29. The molecule has 2 N–H and O–H groups in total. The Morgan fingerprint density at radius 2 is 2.15 bits per heavy atom. The molecule has 0 spiro atoms. The molecule has 0 aliphatic heterocycles. The Kier molecular flexibility index (Phi) is 4.65. The van der Waals surface area contributed by atoms with Gasteiger partial charge in [0.15, 0.2) is 0 Å². The smallest absolute Gasteiger partial charge is 0.255 e. The van der Waals surface area contributed by atoms with Crippen LogP contribution in [0.4, 0.5) is 5.69 Å². The van der Waals surface area contributed by atoms with Crippen molar-refractivity contribution in [1.82, 2.24) is 4.90 Å². The number of carbonyl (C=O) groups excluding carboxylic acids is 1. The van der Waals surface area contributed by atoms with Gasteiger partial charge in [-0.1, -0.05) is 11.6 Å². The summed E-state index contributed by atoms with van der Waals surface area (Å²) >= 11 is 0. The quantitative estimate of drug-likeness (QED) is 0.867. The van der Waals surface area contributed by atoms with Gasteiger partial charge >= 0.3 is 0 Å². The second kappa shape index (κ2) is 6.27. The van der Waals surface area contributed by atoms with Crippen LogP contribution in [0.1, 0.15) is 35.7 Å². The monoisotopic (exact) mass is 276 g/mol. The van der Waals surface area contributed by atoms with Crippen LogP contribution in [-0.4, -0.2) is 42.2 Å². The van der Waals surface area contributed by atoms with E-state index in [4.69, 9.17) is 0 Å². The third kappa shape index (κ3) is 3.31. The first-order valence-corrected chi connectivity index (χ1v) is 7.29. The van der Waals surface area contributed by atoms with Gasteiger partial charge in [0.2, 0.25) is 0 Å². The SMILES string of the molecule is CCNc1ccc(C)cc1C(=O)N(C)CC1CC(O)C1. The van der Waals surface area contributed by atoms with E-state index in [1.54, 1.807) is 4.90 Å². The lowest BCUT2D eigenvalue weighted by Gasteiger charge is -2.34. The number of aryl methyl sites for hydroxylation is 1. The normalized spacial score (nSPS) is 21.2. The van der Waals surface area contributed by atoms with E-state index in [0.29, 0.717) is 5.92 Å². The van der Waals surface area contributed by atoms with Gasteiger partial charge in [-0.3, -0.25) is 4.79 Å². The molecule has 1 aromatic rings. The predicted octanol–water partition coefficient (Wildman–Crippen LogP) is 2.27. The topological polar surface area (TPSA) is 52.6 Å². The molecular weight excluding hydrogens is 252 g/mol. The Morgan fingerprint density at radius 3 is 2.75 bits per heavy atom. The van der Waals surface area contributed by atoms with Gasteiger partial charge in [-0.05, 0) is 44.7 Å². The Hall–Kier alpha value is -1.55. The van der Waals surface area contributed by atoms with E-state index in [9.17, 15) is 9.90 Å². The highest BCUT2D eigenvalue weighted by Crippen LogP contribution is 2.28. The summed E-state index contributed by atoms with van der Waals surface area (Å²) in [5, 5.41) is 12.6. The zero-order chi connectivity index (χ0) is 14.7. The van der Waals surface area contributed by atoms with Crippen molar-refractivity contribution in [3.63, 3.8) is 0 Å². The van der Waals surface area contributed by atoms with Crippen LogP contribution in [0.15, 0.2) is 18.2 Å². The molecular formula is C16H24N2O2. The largest absolute Gasteiger partial charge is 0.393 e. The van der Waals surface area contributed by atoms with Crippen LogP contribution in [-0.2, 0) is 0 Å². The maximum Gasteiger partial charge on any atom is 0.255 e. The van der Waals surface area contributed by atoms with Crippen LogP contribution in [0.25, 0.3) is 0 Å². The molecule has 1 aliphatic carbocycles. The summed E-state index contributed by atoms with van der Waals surface area (Å²) in [5.74, 6) is 0.484. The molecule has 2 rings (SSSR count). The summed E-state index contributed by atoms with van der Waals surface area (Å²) in [6.07, 6.45) is 1.46. The Morgan fingerprint density at radius 1 is 1.45 bits per heavy atom. The highest BCUT2D eigenvalue weighted by atomic mass is 16.3. The minimum absolute atomic E-state index is 0.0473. The number of nitrogens with zero attached hydrogens (tertiary/aromatic N) is 1. The predicted molar refractivity (Wildman–Crippen MR) is 81.0 cm³/mol. The third-order valence-electron chi connectivity index (χ3n) is 3.86. The number of hydrogen-bond donors (Lipinski definition) is 2. The van der Waals surface area contributed by atoms with E-state index in [1.165, 1.54) is 0 Å². The van der Waals surface area contributed by atoms with Crippen LogP contribution in [0.2, 0.25) is 0 Å². The van der Waals surface area contributed by atoms with Crippen molar-refractivity contribution in [2.75, 3.05) is 25.5 Å². The average molecular weight is 276 g/mol. The second-order valence-corrected chi connectivity index (χ2v) is 5.76. The number of aliphatic hydroxyl groups is 1. The fourth-order valence-electron chi connectivity index (χ4n) is 2.71. The van der Waals surface area contributed by atoms with Crippen molar-refractivity contribution in [3.05, 3.63) is 29.3 Å². The fraction of sp³-hybridized carbons (Fsp3) is 0.562. The molecule has 20 heavy (non-hydrogen) atoms. The highest BCUT2D eigenvalue weighted by molar-refractivity contribution is 5.99. The van der Waals surface area contributed by atoms with Crippen molar-refractivity contribution in [2.24, 2.45) is 5.92 Å². The summed E-state index contributed by atoms with van der Waals surface area (Å²) in [6, 6.07) is 5.91. The first kappa shape index (κ1) is 14.9. The van der Waals surface area contributed by atoms with Gasteiger partial charge < -0.3 is 15.3 Å². The average Bonchev–Trinajstić information content (AvgIpc) is 2.38. The third-order valence-corrected chi connectivity index (χ3v) is 3.86. The lowest BCUT2D eigenvalue weighted by atomic mass is 9.82. The van der Waals surface area contributed by atoms with Crippen LogP contribution in [0.3, 0.4) is 0 Å². The van der Waals surface area contributed by atoms with E-state index in [1.807, 2.05) is 39.1 Å². The molecule has 1 saturated carbocycles. The van der Waals surface area contributed by atoms with Gasteiger partial charge in [-0.2, -0.15) is 0 Å². The molecule has 0 unspecified atom stereocenters. The Bertz CT molecular complexity index is 481. The summed E-state index contributed by atoms with van der Waals surface area (Å²) in [6.45, 7) is 5.53. The first-order valence-electron chi connectivity index (χ1n) is 7.29. The molecule has 1 aliphatic rings. The molecule has 0 heterocycles. The molecule has 0 aromatic heterocycles. The van der Waals surface area contributed by atoms with Gasteiger partial charge in [0.25, 0.3) is 5.91 Å². The lowest BCUT2D eigenvalue weighted by molar-refractivity contribution is 0.0265. The van der Waals surface area contributed by atoms with Crippen molar-refractivity contribution in [2.45, 2.75) is 32.8 Å². The van der Waals surface area contributed by atoms with E-state index in [2.05, 4.69) is 5.32 Å². The van der Waals surface area contributed by atoms with Gasteiger partial charge in [-0.25, -0.2) is 0 Å². The van der Waals surface area contributed by atoms with Gasteiger partial charge in [0.05, 0.1) is 11.7 Å². The van der Waals surface area contributed by atoms with Crippen molar-refractivity contribution in [3.8, 4) is 0 Å². The number of carbonyl (C=O) groups is 1. The molecule has 110 valence electrons. The van der Waals surface area contributed by atoms with E-state index < -0.39 is 0 Å². The fourth-order valence-corrected chi connectivity index (χ4v) is 2.71. The molecule has 0 saturated heterocycles. The summed E-state index contributed by atoms with van der Waals surface area (Å²) in [7, 11) is 1.84. The zero-order valence-corrected chi connectivity index (χ0v) is 12.5. The summed E-state index contributed by atoms with van der Waals surface area (Å²) < 4.78 is 0. The van der Waals surface area contributed by atoms with Crippen LogP contribution < -0.4 is 5.32 Å². The minimum Gasteiger partial charge on any atom is -0.393 e. The number of amides is 1. The van der Waals surface area contributed by atoms with Gasteiger partial charge in [-0.15, -0.1) is 0 Å². The number of benzene rings is 1. The van der Waals surface area contributed by atoms with Crippen LogP contribution in [0, 0.1) is 12.8 Å². The van der Waals surface area contributed by atoms with Gasteiger partial charge in [0.1, 0.15) is 0 Å². The second-order valence-electron chi connectivity index (χ2n) is 5.76. The molecule has 0 atom stereocenters. The first-order chi connectivity index (χ1) is 9.51. The maximum absolute atomic E-state index is 12.6. The van der Waals surface area contributed by atoms with Crippen molar-refractivity contribution in [1.29, 1.82) is 0 Å². The number of anilines is 1. The van der Waals surface area contributed by atoms with Gasteiger partial charge in [0, 0.05) is 25.8 Å². The van der Waals surface area contributed by atoms with E-state index >= 15 is 0 Å². The lowest BCUT2D eigenvalue weighted by Crippen LogP contribution is -2.39. The molecule has 0 radical (unpaired) electrons. The number of rotatable bonds is 5. The molecule has 4 nitrogen and oxygen atoms in total. The zero-order valence-electron chi connectivity index (χ0n) is 12.5. The number of aliphatic hydroxyl groups excluding tert-OH is 1. The Labute approximate surface area is 120 Å². The van der Waals surface area contributed by atoms with Crippen molar-refractivity contribution >= 4 is 11.6 Å². The summed E-state index contributed by atoms with van der Waals surface area (Å²) in [5.41, 5.74) is 2.71. The number of nitrogens with one attached hydrogen (secondary N) is 1. The minimum atomic E-state index is -0.167. The molecule has 0 bridgehead atoms. The number of hydrogen-bond acceptors (Lipinski definition) is 3. The van der Waals surface area contributed by atoms with Crippen molar-refractivity contribution < 1.29 is 9.90 Å². The molecule has 1 amide bonds. The van der Waals surface area contributed by atoms with E-state index in [0.717, 1.165) is 42.7 Å². The van der Waals surface area contributed by atoms with Crippen LogP contribution in [0.5, 0.6) is 0 Å². The van der Waals surface area contributed by atoms with Crippen LogP contribution >= 0.6 is 0 Å². The summed E-state index contributed by atoms with van der Waals surface area (Å²) in [4.78, 5) is 14.3. The standard InChI is InChI=1S/C16H24N2O2/c1-4-17-15-6-5-11(2)7-14(15)16(20)18(3)10-12-8-13(19)9-12/h5-7,12-13,17,19H,4,8-10H2,1-3H3. The molecule has 1 aromatic carbocycles. The Balaban J connectivity index is 2.08. The molecule has 4 heteroatoms. The molecule has 1 fully saturated rings. The maximum atomic E-state index is 12.6.